The smallest absolute Gasteiger partial charge is 0.262 e. The van der Waals surface area contributed by atoms with Crippen LogP contribution < -0.4 is 19.7 Å². The van der Waals surface area contributed by atoms with Crippen LogP contribution in [0.5, 0.6) is 11.6 Å². The molecule has 0 unspecified atom stereocenters. The highest BCUT2D eigenvalue weighted by atomic mass is 19.1. The Morgan fingerprint density at radius 1 is 1.05 bits per heavy atom. The molecule has 0 atom stereocenters. The molecule has 1 N–H and O–H groups in total. The van der Waals surface area contributed by atoms with Gasteiger partial charge in [-0.2, -0.15) is 5.26 Å². The van der Waals surface area contributed by atoms with E-state index < -0.39 is 23.2 Å². The summed E-state index contributed by atoms with van der Waals surface area (Å²) in [7, 11) is 4.27. The topological polar surface area (TPSA) is 109 Å². The maximum absolute atomic E-state index is 14.7. The zero-order chi connectivity index (χ0) is 30.7. The summed E-state index contributed by atoms with van der Waals surface area (Å²) in [6, 6.07) is 11.6. The van der Waals surface area contributed by atoms with Crippen molar-refractivity contribution < 1.29 is 27.4 Å². The number of nitrogens with one attached hydrogen (secondary N) is 1. The number of hydrogen-bond acceptors (Lipinski definition) is 8. The van der Waals surface area contributed by atoms with Crippen LogP contribution >= 0.6 is 0 Å². The predicted octanol–water partition coefficient (Wildman–Crippen LogP) is 4.36. The van der Waals surface area contributed by atoms with Crippen LogP contribution in [-0.2, 0) is 13.6 Å². The Morgan fingerprint density at radius 2 is 1.77 bits per heavy atom. The van der Waals surface area contributed by atoms with Crippen molar-refractivity contribution in [3.8, 4) is 28.8 Å². The third-order valence-electron chi connectivity index (χ3n) is 7.16. The number of rotatable bonds is 8. The molecule has 222 valence electrons. The minimum Gasteiger partial charge on any atom is -0.491 e. The molecule has 3 heterocycles. The summed E-state index contributed by atoms with van der Waals surface area (Å²) in [6.45, 7) is 1.86. The Hall–Kier alpha value is -5.09. The maximum Gasteiger partial charge on any atom is 0.262 e. The number of aryl methyl sites for hydroxylation is 1. The zero-order valence-corrected chi connectivity index (χ0v) is 23.7. The Labute approximate surface area is 245 Å². The van der Waals surface area contributed by atoms with Crippen molar-refractivity contribution in [1.29, 1.82) is 5.26 Å². The Balaban J connectivity index is 1.31. The number of amides is 1. The summed E-state index contributed by atoms with van der Waals surface area (Å²) >= 11 is 0. The van der Waals surface area contributed by atoms with Gasteiger partial charge in [-0.1, -0.05) is 12.1 Å². The van der Waals surface area contributed by atoms with Crippen molar-refractivity contribution in [2.45, 2.75) is 6.54 Å². The van der Waals surface area contributed by atoms with Crippen LogP contribution in [0.3, 0.4) is 0 Å². The van der Waals surface area contributed by atoms with Gasteiger partial charge in [-0.15, -0.1) is 5.10 Å². The van der Waals surface area contributed by atoms with Crippen molar-refractivity contribution in [2.75, 3.05) is 50.6 Å². The van der Waals surface area contributed by atoms with Gasteiger partial charge >= 0.3 is 0 Å². The molecule has 10 nitrogen and oxygen atoms in total. The molecule has 1 fully saturated rings. The van der Waals surface area contributed by atoms with Gasteiger partial charge in [-0.3, -0.25) is 14.4 Å². The van der Waals surface area contributed by atoms with Gasteiger partial charge in [0, 0.05) is 75.0 Å². The molecule has 4 aromatic rings. The maximum atomic E-state index is 14.7. The van der Waals surface area contributed by atoms with E-state index in [0.717, 1.165) is 18.2 Å². The first-order valence-corrected chi connectivity index (χ1v) is 13.3. The number of pyridine rings is 1. The fourth-order valence-corrected chi connectivity index (χ4v) is 4.97. The lowest BCUT2D eigenvalue weighted by Gasteiger charge is -2.36. The zero-order valence-electron chi connectivity index (χ0n) is 23.7. The molecular formula is C30H28F3N7O3. The van der Waals surface area contributed by atoms with E-state index in [2.05, 4.69) is 21.5 Å². The van der Waals surface area contributed by atoms with Gasteiger partial charge in [-0.25, -0.2) is 18.2 Å². The normalized spacial score (nSPS) is 13.5. The Bertz CT molecular complexity index is 1690. The van der Waals surface area contributed by atoms with Gasteiger partial charge in [0.25, 0.3) is 5.91 Å². The average molecular weight is 592 g/mol. The number of piperazine rings is 1. The van der Waals surface area contributed by atoms with Crippen LogP contribution in [0.2, 0.25) is 0 Å². The third kappa shape index (κ3) is 6.09. The molecular weight excluding hydrogens is 563 g/mol. The predicted molar refractivity (Wildman–Crippen MR) is 152 cm³/mol. The SMILES string of the molecule is COc1nn(C)cc1C(=O)Nc1ccc(-c2cc(C#N)cnc2N2CCN(Cc3c(F)cc(F)c(OC)c3F)CC2)cc1. The number of halogens is 3. The van der Waals surface area contributed by atoms with Gasteiger partial charge in [0.15, 0.2) is 17.4 Å². The minimum atomic E-state index is -1.09. The summed E-state index contributed by atoms with van der Waals surface area (Å²) in [5.74, 6) is -3.21. The molecule has 1 aliphatic rings. The number of methoxy groups -OCH3 is 2. The van der Waals surface area contributed by atoms with Gasteiger partial charge in [0.2, 0.25) is 5.88 Å². The van der Waals surface area contributed by atoms with Gasteiger partial charge in [0.1, 0.15) is 23.3 Å². The molecule has 0 saturated carbocycles. The quantitative estimate of drug-likeness (QED) is 0.322. The lowest BCUT2D eigenvalue weighted by Crippen LogP contribution is -2.46. The number of anilines is 2. The van der Waals surface area contributed by atoms with E-state index in [1.54, 1.807) is 31.4 Å². The lowest BCUT2D eigenvalue weighted by molar-refractivity contribution is 0.102. The second-order valence-electron chi connectivity index (χ2n) is 9.89. The number of nitrogens with zero attached hydrogens (tertiary/aromatic N) is 6. The minimum absolute atomic E-state index is 0.0477. The summed E-state index contributed by atoms with van der Waals surface area (Å²) in [5.41, 5.74) is 2.48. The van der Waals surface area contributed by atoms with Crippen LogP contribution in [0.25, 0.3) is 11.1 Å². The van der Waals surface area contributed by atoms with Crippen molar-refractivity contribution >= 4 is 17.4 Å². The average Bonchev–Trinajstić information content (AvgIpc) is 3.40. The van der Waals surface area contributed by atoms with Crippen molar-refractivity contribution in [2.24, 2.45) is 7.05 Å². The molecule has 2 aromatic carbocycles. The van der Waals surface area contributed by atoms with Crippen LogP contribution in [0, 0.1) is 28.8 Å². The summed E-state index contributed by atoms with van der Waals surface area (Å²) in [5, 5.41) is 16.4. The summed E-state index contributed by atoms with van der Waals surface area (Å²) < 4.78 is 54.4. The number of carbonyl (C=O) groups excluding carboxylic acids is 1. The standard InChI is InChI=1S/C30H28F3N7O3/c1-38-16-23(30(37-38)43-3)29(41)36-20-6-4-19(5-7-20)21-12-18(14-34)15-35-28(21)40-10-8-39(9-11-40)17-22-24(31)13-25(32)27(42-2)26(22)33/h4-7,12-13,15-16H,8-11,17H2,1-3H3,(H,36,41). The highest BCUT2D eigenvalue weighted by Gasteiger charge is 2.26. The second-order valence-corrected chi connectivity index (χ2v) is 9.89. The molecule has 2 aromatic heterocycles. The molecule has 0 spiro atoms. The Morgan fingerprint density at radius 3 is 2.42 bits per heavy atom. The van der Waals surface area contributed by atoms with Crippen LogP contribution in [0.15, 0.2) is 48.8 Å². The van der Waals surface area contributed by atoms with E-state index >= 15 is 0 Å². The van der Waals surface area contributed by atoms with Gasteiger partial charge < -0.3 is 19.7 Å². The molecule has 13 heteroatoms. The highest BCUT2D eigenvalue weighted by molar-refractivity contribution is 6.05. The first kappa shape index (κ1) is 29.4. The fraction of sp³-hybridized carbons (Fsp3) is 0.267. The summed E-state index contributed by atoms with van der Waals surface area (Å²) in [6.07, 6.45) is 3.06. The highest BCUT2D eigenvalue weighted by Crippen LogP contribution is 2.33. The van der Waals surface area contributed by atoms with Crippen LogP contribution in [0.4, 0.5) is 24.7 Å². The first-order valence-electron chi connectivity index (χ1n) is 13.3. The number of aromatic nitrogens is 3. The number of ether oxygens (including phenoxy) is 2. The van der Waals surface area contributed by atoms with Gasteiger partial charge in [-0.05, 0) is 23.8 Å². The van der Waals surface area contributed by atoms with Crippen LogP contribution in [-0.4, -0.2) is 66.0 Å². The molecule has 1 aliphatic heterocycles. The molecule has 1 saturated heterocycles. The lowest BCUT2D eigenvalue weighted by atomic mass is 10.0. The monoisotopic (exact) mass is 591 g/mol. The molecule has 0 bridgehead atoms. The van der Waals surface area contributed by atoms with E-state index in [-0.39, 0.29) is 23.9 Å². The number of nitriles is 1. The number of benzene rings is 2. The summed E-state index contributed by atoms with van der Waals surface area (Å²) in [4.78, 5) is 21.2. The van der Waals surface area contributed by atoms with Gasteiger partial charge in [0.05, 0.1) is 19.8 Å². The fourth-order valence-electron chi connectivity index (χ4n) is 4.97. The second kappa shape index (κ2) is 12.4. The Kier molecular flexibility index (Phi) is 8.49. The van der Waals surface area contributed by atoms with Crippen molar-refractivity contribution in [3.05, 3.63) is 82.9 Å². The number of hydrogen-bond donors (Lipinski definition) is 1. The van der Waals surface area contributed by atoms with E-state index in [0.29, 0.717) is 54.9 Å². The third-order valence-corrected chi connectivity index (χ3v) is 7.16. The van der Waals surface area contributed by atoms with Crippen LogP contribution in [0.1, 0.15) is 21.5 Å². The van der Waals surface area contributed by atoms with Crippen molar-refractivity contribution in [3.63, 3.8) is 0 Å². The molecule has 43 heavy (non-hydrogen) atoms. The van der Waals surface area contributed by atoms with E-state index in [1.165, 1.54) is 18.0 Å². The molecule has 5 rings (SSSR count). The molecule has 0 aliphatic carbocycles. The van der Waals surface area contributed by atoms with E-state index in [4.69, 9.17) is 9.47 Å². The van der Waals surface area contributed by atoms with E-state index in [9.17, 15) is 23.2 Å². The van der Waals surface area contributed by atoms with Crippen molar-refractivity contribution in [1.82, 2.24) is 19.7 Å². The molecule has 0 radical (unpaired) electrons. The first-order chi connectivity index (χ1) is 20.7. The van der Waals surface area contributed by atoms with E-state index in [1.807, 2.05) is 21.9 Å². The largest absolute Gasteiger partial charge is 0.491 e. The molecule has 1 amide bonds. The number of carbonyl (C=O) groups is 1.